The van der Waals surface area contributed by atoms with Gasteiger partial charge in [-0.15, -0.1) is 10.2 Å². The summed E-state index contributed by atoms with van der Waals surface area (Å²) in [6.45, 7) is 3.46. The summed E-state index contributed by atoms with van der Waals surface area (Å²) in [5.74, 6) is 2.85. The highest BCUT2D eigenvalue weighted by molar-refractivity contribution is 7.99. The van der Waals surface area contributed by atoms with Gasteiger partial charge in [0.25, 0.3) is 0 Å². The first-order valence-corrected chi connectivity index (χ1v) is 9.54. The molecule has 0 spiro atoms. The minimum Gasteiger partial charge on any atom is -0.496 e. The van der Waals surface area contributed by atoms with Crippen molar-refractivity contribution in [3.8, 4) is 5.75 Å². The van der Waals surface area contributed by atoms with Crippen LogP contribution in [0.3, 0.4) is 0 Å². The van der Waals surface area contributed by atoms with Gasteiger partial charge in [-0.1, -0.05) is 30.0 Å². The molecular formula is C18H24N4O2S. The monoisotopic (exact) mass is 360 g/mol. The Morgan fingerprint density at radius 3 is 2.80 bits per heavy atom. The van der Waals surface area contributed by atoms with Crippen molar-refractivity contribution in [3.05, 3.63) is 35.7 Å². The van der Waals surface area contributed by atoms with Crippen LogP contribution in [0, 0.1) is 0 Å². The van der Waals surface area contributed by atoms with E-state index in [2.05, 4.69) is 21.7 Å². The van der Waals surface area contributed by atoms with Gasteiger partial charge >= 0.3 is 0 Å². The molecule has 1 aliphatic carbocycles. The number of amides is 1. The van der Waals surface area contributed by atoms with Gasteiger partial charge in [0, 0.05) is 31.6 Å². The Morgan fingerprint density at radius 1 is 1.36 bits per heavy atom. The Balaban J connectivity index is 1.59. The third-order valence-corrected chi connectivity index (χ3v) is 5.31. The third-order valence-electron chi connectivity index (χ3n) is 4.35. The molecule has 0 bridgehead atoms. The van der Waals surface area contributed by atoms with Gasteiger partial charge in [0.2, 0.25) is 5.91 Å². The second-order valence-electron chi connectivity index (χ2n) is 6.21. The van der Waals surface area contributed by atoms with Crippen molar-refractivity contribution in [1.29, 1.82) is 0 Å². The minimum atomic E-state index is 0.0644. The lowest BCUT2D eigenvalue weighted by Crippen LogP contribution is -2.28. The lowest BCUT2D eigenvalue weighted by atomic mass is 10.2. The molecule has 0 unspecified atom stereocenters. The molecule has 134 valence electrons. The predicted molar refractivity (Wildman–Crippen MR) is 97.9 cm³/mol. The number of rotatable bonds is 8. The largest absolute Gasteiger partial charge is 0.496 e. The maximum atomic E-state index is 12.5. The molecule has 0 N–H and O–H groups in total. The molecule has 7 heteroatoms. The Hall–Kier alpha value is -2.02. The molecule has 0 aliphatic heterocycles. The van der Waals surface area contributed by atoms with Crippen molar-refractivity contribution >= 4 is 17.7 Å². The molecule has 1 aliphatic rings. The number of benzene rings is 1. The van der Waals surface area contributed by atoms with E-state index >= 15 is 0 Å². The zero-order chi connectivity index (χ0) is 17.8. The average molecular weight is 360 g/mol. The standard InChI is InChI=1S/C18H24N4O2S/c1-4-22-17(13-9-10-13)19-20-18(22)25-12-16(23)21(2)11-14-7-5-6-8-15(14)24-3/h5-8,13H,4,9-12H2,1-3H3. The van der Waals surface area contributed by atoms with Crippen molar-refractivity contribution in [3.63, 3.8) is 0 Å². The Bertz CT molecular complexity index is 742. The van der Waals surface area contributed by atoms with Crippen LogP contribution in [0.2, 0.25) is 0 Å². The zero-order valence-corrected chi connectivity index (χ0v) is 15.8. The first-order valence-electron chi connectivity index (χ1n) is 8.55. The number of thioether (sulfide) groups is 1. The second-order valence-corrected chi connectivity index (χ2v) is 7.15. The van der Waals surface area contributed by atoms with Gasteiger partial charge in [-0.05, 0) is 25.8 Å². The lowest BCUT2D eigenvalue weighted by Gasteiger charge is -2.18. The topological polar surface area (TPSA) is 60.2 Å². The van der Waals surface area contributed by atoms with Crippen LogP contribution in [0.1, 0.15) is 37.1 Å². The molecule has 1 fully saturated rings. The fraction of sp³-hybridized carbons (Fsp3) is 0.500. The molecule has 25 heavy (non-hydrogen) atoms. The number of ether oxygens (including phenoxy) is 1. The summed E-state index contributed by atoms with van der Waals surface area (Å²) < 4.78 is 7.49. The highest BCUT2D eigenvalue weighted by Crippen LogP contribution is 2.40. The summed E-state index contributed by atoms with van der Waals surface area (Å²) in [4.78, 5) is 14.2. The second kappa shape index (κ2) is 7.91. The number of carbonyl (C=O) groups is 1. The van der Waals surface area contributed by atoms with E-state index in [1.807, 2.05) is 31.3 Å². The number of carbonyl (C=O) groups excluding carboxylic acids is 1. The first kappa shape index (κ1) is 17.8. The van der Waals surface area contributed by atoms with E-state index in [4.69, 9.17) is 4.74 Å². The summed E-state index contributed by atoms with van der Waals surface area (Å²) in [7, 11) is 3.46. The third kappa shape index (κ3) is 4.15. The molecule has 1 heterocycles. The average Bonchev–Trinajstić information content (AvgIpc) is 3.39. The number of methoxy groups -OCH3 is 1. The maximum Gasteiger partial charge on any atom is 0.233 e. The number of nitrogens with zero attached hydrogens (tertiary/aromatic N) is 4. The van der Waals surface area contributed by atoms with Gasteiger partial charge < -0.3 is 14.2 Å². The van der Waals surface area contributed by atoms with Crippen LogP contribution in [-0.4, -0.2) is 45.5 Å². The molecule has 1 amide bonds. The summed E-state index contributed by atoms with van der Waals surface area (Å²) in [5.41, 5.74) is 0.999. The van der Waals surface area contributed by atoms with Crippen LogP contribution in [-0.2, 0) is 17.9 Å². The number of para-hydroxylation sites is 1. The van der Waals surface area contributed by atoms with Gasteiger partial charge in [-0.25, -0.2) is 0 Å². The van der Waals surface area contributed by atoms with Crippen molar-refractivity contribution < 1.29 is 9.53 Å². The van der Waals surface area contributed by atoms with Crippen LogP contribution in [0.5, 0.6) is 5.75 Å². The summed E-state index contributed by atoms with van der Waals surface area (Å²) in [6, 6.07) is 7.76. The molecule has 6 nitrogen and oxygen atoms in total. The van der Waals surface area contributed by atoms with Crippen LogP contribution >= 0.6 is 11.8 Å². The van der Waals surface area contributed by atoms with E-state index in [0.717, 1.165) is 28.8 Å². The number of aromatic nitrogens is 3. The van der Waals surface area contributed by atoms with Crippen LogP contribution in [0.15, 0.2) is 29.4 Å². The van der Waals surface area contributed by atoms with E-state index in [0.29, 0.717) is 18.2 Å². The van der Waals surface area contributed by atoms with Gasteiger partial charge in [0.1, 0.15) is 11.6 Å². The SMILES string of the molecule is CCn1c(SCC(=O)N(C)Cc2ccccc2OC)nnc1C1CC1. The van der Waals surface area contributed by atoms with Crippen LogP contribution < -0.4 is 4.74 Å². The van der Waals surface area contributed by atoms with Crippen molar-refractivity contribution in [2.24, 2.45) is 0 Å². The van der Waals surface area contributed by atoms with Crippen molar-refractivity contribution in [1.82, 2.24) is 19.7 Å². The van der Waals surface area contributed by atoms with E-state index in [9.17, 15) is 4.79 Å². The predicted octanol–water partition coefficient (Wildman–Crippen LogP) is 2.93. The van der Waals surface area contributed by atoms with E-state index in [1.54, 1.807) is 12.0 Å². The van der Waals surface area contributed by atoms with E-state index in [1.165, 1.54) is 24.6 Å². The lowest BCUT2D eigenvalue weighted by molar-refractivity contribution is -0.127. The van der Waals surface area contributed by atoms with E-state index in [-0.39, 0.29) is 5.91 Å². The van der Waals surface area contributed by atoms with Crippen LogP contribution in [0.25, 0.3) is 0 Å². The quantitative estimate of drug-likeness (QED) is 0.678. The molecule has 1 aromatic carbocycles. The van der Waals surface area contributed by atoms with Crippen molar-refractivity contribution in [2.45, 2.75) is 43.9 Å². The minimum absolute atomic E-state index is 0.0644. The highest BCUT2D eigenvalue weighted by atomic mass is 32.2. The molecule has 2 aromatic rings. The molecule has 0 radical (unpaired) electrons. The fourth-order valence-corrected chi connectivity index (χ4v) is 3.71. The number of hydrogen-bond donors (Lipinski definition) is 0. The normalized spacial score (nSPS) is 13.7. The van der Waals surface area contributed by atoms with E-state index < -0.39 is 0 Å². The van der Waals surface area contributed by atoms with Gasteiger partial charge in [-0.2, -0.15) is 0 Å². The number of hydrogen-bond acceptors (Lipinski definition) is 5. The van der Waals surface area contributed by atoms with Gasteiger partial charge in [0.15, 0.2) is 5.16 Å². The molecule has 3 rings (SSSR count). The summed E-state index contributed by atoms with van der Waals surface area (Å²) in [5, 5.41) is 9.43. The molecule has 1 aromatic heterocycles. The van der Waals surface area contributed by atoms with Crippen LogP contribution in [0.4, 0.5) is 0 Å². The highest BCUT2D eigenvalue weighted by Gasteiger charge is 2.30. The van der Waals surface area contributed by atoms with Gasteiger partial charge in [-0.3, -0.25) is 4.79 Å². The summed E-state index contributed by atoms with van der Waals surface area (Å²) in [6.07, 6.45) is 2.40. The van der Waals surface area contributed by atoms with Gasteiger partial charge in [0.05, 0.1) is 12.9 Å². The molecular weight excluding hydrogens is 336 g/mol. The molecule has 0 atom stereocenters. The first-order chi connectivity index (χ1) is 12.1. The Kier molecular flexibility index (Phi) is 5.63. The maximum absolute atomic E-state index is 12.5. The molecule has 0 saturated heterocycles. The Morgan fingerprint density at radius 2 is 2.12 bits per heavy atom. The summed E-state index contributed by atoms with van der Waals surface area (Å²) >= 11 is 1.46. The Labute approximate surface area is 152 Å². The smallest absolute Gasteiger partial charge is 0.233 e. The van der Waals surface area contributed by atoms with Crippen molar-refractivity contribution in [2.75, 3.05) is 19.9 Å². The zero-order valence-electron chi connectivity index (χ0n) is 14.9. The fourth-order valence-electron chi connectivity index (χ4n) is 2.76. The molecule has 1 saturated carbocycles.